The monoisotopic (exact) mass is 537 g/mol. The molecular formula is C28H25F6NO3. The minimum Gasteiger partial charge on any atom is -0.493 e. The molecule has 0 radical (unpaired) electrons. The fourth-order valence-corrected chi connectivity index (χ4v) is 4.84. The van der Waals surface area contributed by atoms with Crippen molar-refractivity contribution in [2.24, 2.45) is 5.92 Å². The first-order valence-electron chi connectivity index (χ1n) is 12.2. The van der Waals surface area contributed by atoms with Gasteiger partial charge in [-0.25, -0.2) is 18.2 Å². The van der Waals surface area contributed by atoms with Crippen LogP contribution in [0.4, 0.5) is 26.3 Å². The molecule has 1 N–H and O–H groups in total. The smallest absolute Gasteiger partial charge is 0.417 e. The number of pyridine rings is 1. The van der Waals surface area contributed by atoms with Gasteiger partial charge in [-0.15, -0.1) is 0 Å². The van der Waals surface area contributed by atoms with Crippen LogP contribution in [0.3, 0.4) is 0 Å². The van der Waals surface area contributed by atoms with Gasteiger partial charge in [0.15, 0.2) is 0 Å². The molecule has 2 aromatic carbocycles. The van der Waals surface area contributed by atoms with E-state index in [9.17, 15) is 31.4 Å². The van der Waals surface area contributed by atoms with E-state index in [0.29, 0.717) is 11.8 Å². The van der Waals surface area contributed by atoms with E-state index in [1.165, 1.54) is 13.8 Å². The van der Waals surface area contributed by atoms with Crippen LogP contribution in [0.15, 0.2) is 36.5 Å². The van der Waals surface area contributed by atoms with Gasteiger partial charge in [0.1, 0.15) is 29.8 Å². The molecule has 0 aliphatic heterocycles. The zero-order valence-corrected chi connectivity index (χ0v) is 20.6. The number of hydrogen-bond acceptors (Lipinski definition) is 4. The van der Waals surface area contributed by atoms with Gasteiger partial charge in [-0.05, 0) is 61.8 Å². The highest BCUT2D eigenvalue weighted by Gasteiger charge is 2.45. The number of nitrogens with zero attached hydrogens (tertiary/aromatic N) is 1. The van der Waals surface area contributed by atoms with Crippen molar-refractivity contribution in [2.45, 2.75) is 57.4 Å². The number of rotatable bonds is 8. The molecule has 1 saturated carbocycles. The summed E-state index contributed by atoms with van der Waals surface area (Å²) in [5.41, 5.74) is -2.52. The van der Waals surface area contributed by atoms with Crippen molar-refractivity contribution >= 4 is 0 Å². The van der Waals surface area contributed by atoms with Crippen LogP contribution >= 0.6 is 0 Å². The number of hydrogen-bond donors (Lipinski definition) is 1. The highest BCUT2D eigenvalue weighted by Crippen LogP contribution is 2.56. The Morgan fingerprint density at radius 1 is 0.974 bits per heavy atom. The number of aliphatic hydroxyl groups is 1. The first-order valence-corrected chi connectivity index (χ1v) is 12.2. The minimum absolute atomic E-state index is 0.0778. The molecule has 38 heavy (non-hydrogen) atoms. The SMILES string of the molecule is CC(C)(O)CCOc1cc(F)c(-c2cc(COc3cc4c(cn3)C3CC3C4)c(F)cc2C(F)(F)F)c(F)c1. The van der Waals surface area contributed by atoms with Crippen LogP contribution in [-0.4, -0.2) is 22.3 Å². The summed E-state index contributed by atoms with van der Waals surface area (Å²) in [6.07, 6.45) is -1.20. The zero-order valence-electron chi connectivity index (χ0n) is 20.6. The van der Waals surface area contributed by atoms with Gasteiger partial charge in [0, 0.05) is 41.9 Å². The van der Waals surface area contributed by atoms with E-state index in [4.69, 9.17) is 9.47 Å². The maximum atomic E-state index is 15.0. The average molecular weight is 538 g/mol. The predicted octanol–water partition coefficient (Wildman–Crippen LogP) is 6.96. The van der Waals surface area contributed by atoms with Crippen LogP contribution in [0.25, 0.3) is 11.1 Å². The largest absolute Gasteiger partial charge is 0.493 e. The summed E-state index contributed by atoms with van der Waals surface area (Å²) < 4.78 is 96.9. The molecule has 0 spiro atoms. The Morgan fingerprint density at radius 3 is 2.34 bits per heavy atom. The number of alkyl halides is 3. The van der Waals surface area contributed by atoms with Gasteiger partial charge in [0.2, 0.25) is 5.88 Å². The van der Waals surface area contributed by atoms with Gasteiger partial charge in [-0.1, -0.05) is 0 Å². The second kappa shape index (κ2) is 9.48. The van der Waals surface area contributed by atoms with Gasteiger partial charge in [-0.3, -0.25) is 0 Å². The van der Waals surface area contributed by atoms with E-state index in [1.807, 2.05) is 0 Å². The molecule has 1 heterocycles. The lowest BCUT2D eigenvalue weighted by Crippen LogP contribution is -2.21. The van der Waals surface area contributed by atoms with E-state index < -0.39 is 52.5 Å². The van der Waals surface area contributed by atoms with Gasteiger partial charge in [0.05, 0.1) is 23.3 Å². The number of aromatic nitrogens is 1. The van der Waals surface area contributed by atoms with Gasteiger partial charge >= 0.3 is 6.18 Å². The Labute approximate surface area is 215 Å². The summed E-state index contributed by atoms with van der Waals surface area (Å²) in [5.74, 6) is -2.79. The summed E-state index contributed by atoms with van der Waals surface area (Å²) in [5, 5.41) is 9.74. The maximum Gasteiger partial charge on any atom is 0.417 e. The molecule has 0 saturated heterocycles. The molecular weight excluding hydrogens is 512 g/mol. The highest BCUT2D eigenvalue weighted by molar-refractivity contribution is 5.71. The van der Waals surface area contributed by atoms with Crippen LogP contribution in [0.2, 0.25) is 0 Å². The van der Waals surface area contributed by atoms with E-state index in [0.717, 1.165) is 42.2 Å². The summed E-state index contributed by atoms with van der Waals surface area (Å²) in [4.78, 5) is 4.21. The third kappa shape index (κ3) is 5.45. The van der Waals surface area contributed by atoms with Crippen molar-refractivity contribution in [1.29, 1.82) is 0 Å². The second-order valence-corrected chi connectivity index (χ2v) is 10.5. The minimum atomic E-state index is -5.08. The van der Waals surface area contributed by atoms with Crippen molar-refractivity contribution in [3.05, 3.63) is 76.2 Å². The van der Waals surface area contributed by atoms with Crippen LogP contribution in [0.5, 0.6) is 11.6 Å². The molecule has 2 aliphatic carbocycles. The molecule has 0 bridgehead atoms. The normalized spacial score (nSPS) is 18.2. The Morgan fingerprint density at radius 2 is 1.68 bits per heavy atom. The topological polar surface area (TPSA) is 51.6 Å². The van der Waals surface area contributed by atoms with Crippen molar-refractivity contribution in [3.63, 3.8) is 0 Å². The van der Waals surface area contributed by atoms with Crippen LogP contribution < -0.4 is 9.47 Å². The first kappa shape index (κ1) is 26.3. The lowest BCUT2D eigenvalue weighted by molar-refractivity contribution is -0.137. The van der Waals surface area contributed by atoms with Crippen molar-refractivity contribution in [2.75, 3.05) is 6.61 Å². The Bertz CT molecular complexity index is 1360. The lowest BCUT2D eigenvalue weighted by Gasteiger charge is -2.19. The Balaban J connectivity index is 1.43. The fraction of sp³-hybridized carbons (Fsp3) is 0.393. The van der Waals surface area contributed by atoms with E-state index >= 15 is 0 Å². The molecule has 1 fully saturated rings. The summed E-state index contributed by atoms with van der Waals surface area (Å²) >= 11 is 0. The molecule has 2 atom stereocenters. The van der Waals surface area contributed by atoms with E-state index in [1.54, 1.807) is 12.3 Å². The summed E-state index contributed by atoms with van der Waals surface area (Å²) in [6, 6.07) is 4.20. The molecule has 2 unspecified atom stereocenters. The van der Waals surface area contributed by atoms with Crippen molar-refractivity contribution < 1.29 is 40.9 Å². The number of halogens is 6. The van der Waals surface area contributed by atoms with Gasteiger partial charge in [0.25, 0.3) is 0 Å². The summed E-state index contributed by atoms with van der Waals surface area (Å²) in [6.45, 7) is 2.48. The Hall–Kier alpha value is -3.27. The average Bonchev–Trinajstić information content (AvgIpc) is 3.47. The zero-order chi connectivity index (χ0) is 27.4. The number of fused-ring (bicyclic) bond motifs is 3. The van der Waals surface area contributed by atoms with Gasteiger partial charge in [-0.2, -0.15) is 13.2 Å². The standard InChI is InChI=1S/C28H25F6NO3/c1-27(2,36)3-4-37-17-9-23(30)26(24(31)10-17)19-7-16(22(29)11-21(19)28(32,33)34)13-38-25-8-15-5-14-6-18(14)20(15)12-35-25/h7-12,14,18,36H,3-6,13H2,1-2H3. The van der Waals surface area contributed by atoms with Crippen LogP contribution in [0.1, 0.15) is 54.9 Å². The number of ether oxygens (including phenoxy) is 2. The predicted molar refractivity (Wildman–Crippen MR) is 126 cm³/mol. The van der Waals surface area contributed by atoms with Gasteiger partial charge < -0.3 is 14.6 Å². The quantitative estimate of drug-likeness (QED) is 0.316. The summed E-state index contributed by atoms with van der Waals surface area (Å²) in [7, 11) is 0. The van der Waals surface area contributed by atoms with E-state index in [2.05, 4.69) is 4.98 Å². The van der Waals surface area contributed by atoms with E-state index in [-0.39, 0.29) is 36.3 Å². The molecule has 0 amide bonds. The molecule has 3 aromatic rings. The fourth-order valence-electron chi connectivity index (χ4n) is 4.84. The molecule has 1 aromatic heterocycles. The van der Waals surface area contributed by atoms with Crippen molar-refractivity contribution in [1.82, 2.24) is 4.98 Å². The van der Waals surface area contributed by atoms with Crippen molar-refractivity contribution in [3.8, 4) is 22.8 Å². The number of benzene rings is 2. The second-order valence-electron chi connectivity index (χ2n) is 10.5. The third-order valence-corrected chi connectivity index (χ3v) is 6.94. The Kier molecular flexibility index (Phi) is 6.57. The molecule has 2 aliphatic rings. The molecule has 4 nitrogen and oxygen atoms in total. The molecule has 10 heteroatoms. The third-order valence-electron chi connectivity index (χ3n) is 6.94. The molecule has 202 valence electrons. The highest BCUT2D eigenvalue weighted by atomic mass is 19.4. The molecule has 5 rings (SSSR count). The van der Waals surface area contributed by atoms with Crippen LogP contribution in [-0.2, 0) is 19.2 Å². The lowest BCUT2D eigenvalue weighted by atomic mass is 9.95. The maximum absolute atomic E-state index is 15.0. The first-order chi connectivity index (χ1) is 17.8. The van der Waals surface area contributed by atoms with Crippen LogP contribution in [0, 0.1) is 23.4 Å².